The van der Waals surface area contributed by atoms with Gasteiger partial charge >= 0.3 is 0 Å². The molecule has 0 spiro atoms. The number of carbonyl (C=O) groups is 2. The Labute approximate surface area is 105 Å². The maximum Gasteiger partial charge on any atom is 0.205 e. The Morgan fingerprint density at radius 3 is 2.12 bits per heavy atom. The SMILES string of the molecule is CC(C)=CC1=C(Cl)C(=O)c2ccccc2C1=O. The summed E-state index contributed by atoms with van der Waals surface area (Å²) >= 11 is 5.96. The van der Waals surface area contributed by atoms with E-state index in [1.54, 1.807) is 30.3 Å². The highest BCUT2D eigenvalue weighted by molar-refractivity contribution is 6.50. The number of halogens is 1. The van der Waals surface area contributed by atoms with Gasteiger partial charge in [-0.05, 0) is 13.8 Å². The number of allylic oxidation sites excluding steroid dienone is 4. The summed E-state index contributed by atoms with van der Waals surface area (Å²) in [5, 5.41) is 0.00917. The van der Waals surface area contributed by atoms with Crippen LogP contribution in [0, 0.1) is 0 Å². The molecule has 0 fully saturated rings. The Kier molecular flexibility index (Phi) is 2.99. The van der Waals surface area contributed by atoms with Gasteiger partial charge in [-0.1, -0.05) is 47.5 Å². The highest BCUT2D eigenvalue weighted by atomic mass is 35.5. The second-order valence-electron chi connectivity index (χ2n) is 4.15. The molecule has 0 aromatic heterocycles. The molecule has 2 rings (SSSR count). The monoisotopic (exact) mass is 246 g/mol. The Bertz CT molecular complexity index is 576. The van der Waals surface area contributed by atoms with E-state index >= 15 is 0 Å². The van der Waals surface area contributed by atoms with Gasteiger partial charge in [0, 0.05) is 16.7 Å². The van der Waals surface area contributed by atoms with Crippen molar-refractivity contribution >= 4 is 23.2 Å². The second-order valence-corrected chi connectivity index (χ2v) is 4.53. The molecule has 86 valence electrons. The average molecular weight is 247 g/mol. The zero-order valence-electron chi connectivity index (χ0n) is 9.58. The zero-order chi connectivity index (χ0) is 12.6. The average Bonchev–Trinajstić information content (AvgIpc) is 2.31. The molecular weight excluding hydrogens is 236 g/mol. The number of hydrogen-bond donors (Lipinski definition) is 0. The fraction of sp³-hybridized carbons (Fsp3) is 0.143. The third-order valence-corrected chi connectivity index (χ3v) is 2.91. The van der Waals surface area contributed by atoms with E-state index in [1.807, 2.05) is 13.8 Å². The minimum absolute atomic E-state index is 0.00917. The highest BCUT2D eigenvalue weighted by Crippen LogP contribution is 2.29. The Morgan fingerprint density at radius 2 is 1.59 bits per heavy atom. The smallest absolute Gasteiger partial charge is 0.205 e. The van der Waals surface area contributed by atoms with Gasteiger partial charge in [0.15, 0.2) is 5.78 Å². The number of Topliss-reactive ketones (excluding diaryl/α,β-unsaturated/α-hetero) is 2. The fourth-order valence-corrected chi connectivity index (χ4v) is 2.02. The van der Waals surface area contributed by atoms with Gasteiger partial charge in [0.2, 0.25) is 5.78 Å². The molecule has 1 aliphatic rings. The highest BCUT2D eigenvalue weighted by Gasteiger charge is 2.29. The number of fused-ring (bicyclic) bond motifs is 1. The molecule has 3 heteroatoms. The van der Waals surface area contributed by atoms with E-state index in [0.717, 1.165) is 5.57 Å². The summed E-state index contributed by atoms with van der Waals surface area (Å²) in [6, 6.07) is 6.73. The maximum absolute atomic E-state index is 12.2. The topological polar surface area (TPSA) is 34.1 Å². The molecule has 2 nitrogen and oxygen atoms in total. The van der Waals surface area contributed by atoms with Crippen molar-refractivity contribution in [3.63, 3.8) is 0 Å². The maximum atomic E-state index is 12.2. The molecule has 0 radical (unpaired) electrons. The molecule has 0 N–H and O–H groups in total. The van der Waals surface area contributed by atoms with Crippen LogP contribution in [0.5, 0.6) is 0 Å². The standard InChI is InChI=1S/C14H11ClO2/c1-8(2)7-11-12(15)14(17)10-6-4-3-5-9(10)13(11)16/h3-7H,1-2H3. The Balaban J connectivity index is 2.66. The van der Waals surface area contributed by atoms with Crippen molar-refractivity contribution in [3.05, 3.63) is 57.6 Å². The number of carbonyl (C=O) groups excluding carboxylic acids is 2. The van der Waals surface area contributed by atoms with Crippen molar-refractivity contribution in [1.82, 2.24) is 0 Å². The van der Waals surface area contributed by atoms with Crippen molar-refractivity contribution in [1.29, 1.82) is 0 Å². The summed E-state index contributed by atoms with van der Waals surface area (Å²) in [5.41, 5.74) is 2.02. The summed E-state index contributed by atoms with van der Waals surface area (Å²) in [5.74, 6) is -0.472. The Hall–Kier alpha value is -1.67. The third kappa shape index (κ3) is 1.96. The normalized spacial score (nSPS) is 14.8. The van der Waals surface area contributed by atoms with E-state index in [0.29, 0.717) is 11.1 Å². The summed E-state index contributed by atoms with van der Waals surface area (Å²) in [6.45, 7) is 3.71. The summed E-state index contributed by atoms with van der Waals surface area (Å²) in [6.07, 6.45) is 1.65. The first-order valence-electron chi connectivity index (χ1n) is 5.25. The lowest BCUT2D eigenvalue weighted by Gasteiger charge is -2.15. The van der Waals surface area contributed by atoms with E-state index in [9.17, 15) is 9.59 Å². The number of ketones is 2. The van der Waals surface area contributed by atoms with Crippen molar-refractivity contribution in [2.45, 2.75) is 13.8 Å². The van der Waals surface area contributed by atoms with Crippen molar-refractivity contribution in [3.8, 4) is 0 Å². The summed E-state index contributed by atoms with van der Waals surface area (Å²) < 4.78 is 0. The quantitative estimate of drug-likeness (QED) is 0.760. The molecule has 1 aliphatic carbocycles. The van der Waals surface area contributed by atoms with Crippen LogP contribution in [0.25, 0.3) is 0 Å². The summed E-state index contributed by atoms with van der Waals surface area (Å²) in [4.78, 5) is 24.2. The summed E-state index contributed by atoms with van der Waals surface area (Å²) in [7, 11) is 0. The van der Waals surface area contributed by atoms with Crippen LogP contribution < -0.4 is 0 Å². The van der Waals surface area contributed by atoms with Gasteiger partial charge in [0.25, 0.3) is 0 Å². The molecular formula is C14H11ClO2. The second kappa shape index (κ2) is 4.30. The molecule has 0 heterocycles. The molecule has 0 saturated heterocycles. The lowest BCUT2D eigenvalue weighted by Crippen LogP contribution is -2.19. The molecule has 17 heavy (non-hydrogen) atoms. The van der Waals surface area contributed by atoms with Crippen molar-refractivity contribution < 1.29 is 9.59 Å². The molecule has 0 atom stereocenters. The molecule has 0 saturated carbocycles. The first-order valence-corrected chi connectivity index (χ1v) is 5.63. The molecule has 1 aromatic rings. The number of benzene rings is 1. The van der Waals surface area contributed by atoms with Gasteiger partial charge < -0.3 is 0 Å². The van der Waals surface area contributed by atoms with Gasteiger partial charge in [-0.3, -0.25) is 9.59 Å². The number of rotatable bonds is 1. The van der Waals surface area contributed by atoms with Crippen LogP contribution in [0.15, 0.2) is 46.5 Å². The molecule has 0 bridgehead atoms. The molecule has 0 aliphatic heterocycles. The first-order chi connectivity index (χ1) is 8.02. The van der Waals surface area contributed by atoms with Crippen LogP contribution in [0.4, 0.5) is 0 Å². The number of hydrogen-bond acceptors (Lipinski definition) is 2. The third-order valence-electron chi connectivity index (χ3n) is 2.53. The molecule has 1 aromatic carbocycles. The lowest BCUT2D eigenvalue weighted by molar-refractivity contribution is 0.0983. The molecule has 0 unspecified atom stereocenters. The predicted molar refractivity (Wildman–Crippen MR) is 67.4 cm³/mol. The van der Waals surface area contributed by atoms with Crippen LogP contribution in [-0.4, -0.2) is 11.6 Å². The van der Waals surface area contributed by atoms with E-state index < -0.39 is 0 Å². The van der Waals surface area contributed by atoms with Crippen LogP contribution in [0.1, 0.15) is 34.6 Å². The van der Waals surface area contributed by atoms with E-state index in [1.165, 1.54) is 0 Å². The predicted octanol–water partition coefficient (Wildman–Crippen LogP) is 3.52. The van der Waals surface area contributed by atoms with Gasteiger partial charge in [-0.25, -0.2) is 0 Å². The van der Waals surface area contributed by atoms with E-state index in [2.05, 4.69) is 0 Å². The van der Waals surface area contributed by atoms with Gasteiger partial charge in [-0.15, -0.1) is 0 Å². The largest absolute Gasteiger partial charge is 0.289 e. The first kappa shape index (κ1) is 11.8. The van der Waals surface area contributed by atoms with E-state index in [4.69, 9.17) is 11.6 Å². The van der Waals surface area contributed by atoms with Gasteiger partial charge in [-0.2, -0.15) is 0 Å². The minimum Gasteiger partial charge on any atom is -0.289 e. The lowest BCUT2D eigenvalue weighted by atomic mass is 9.88. The van der Waals surface area contributed by atoms with E-state index in [-0.39, 0.29) is 22.2 Å². The van der Waals surface area contributed by atoms with Crippen molar-refractivity contribution in [2.75, 3.05) is 0 Å². The van der Waals surface area contributed by atoms with Crippen LogP contribution in [-0.2, 0) is 0 Å². The van der Waals surface area contributed by atoms with Gasteiger partial charge in [0.05, 0.1) is 5.03 Å². The van der Waals surface area contributed by atoms with Gasteiger partial charge in [0.1, 0.15) is 0 Å². The van der Waals surface area contributed by atoms with Crippen molar-refractivity contribution in [2.24, 2.45) is 0 Å². The fourth-order valence-electron chi connectivity index (χ4n) is 1.78. The van der Waals surface area contributed by atoms with Crippen LogP contribution in [0.3, 0.4) is 0 Å². The van der Waals surface area contributed by atoms with Crippen LogP contribution >= 0.6 is 11.6 Å². The van der Waals surface area contributed by atoms with Crippen LogP contribution in [0.2, 0.25) is 0 Å². The zero-order valence-corrected chi connectivity index (χ0v) is 10.3. The Morgan fingerprint density at radius 1 is 1.06 bits per heavy atom. The minimum atomic E-state index is -0.283. The molecule has 0 amide bonds.